The highest BCUT2D eigenvalue weighted by molar-refractivity contribution is 7.18. The number of likely N-dealkylation sites (tertiary alicyclic amines) is 1. The number of aliphatic imine (C=N–C) groups is 1. The molecule has 1 fully saturated rings. The van der Waals surface area contributed by atoms with Crippen molar-refractivity contribution in [2.75, 3.05) is 25.0 Å². The van der Waals surface area contributed by atoms with E-state index in [9.17, 15) is 18.4 Å². The van der Waals surface area contributed by atoms with Crippen LogP contribution in [0, 0.1) is 18.3 Å². The molecule has 0 amide bonds. The van der Waals surface area contributed by atoms with Gasteiger partial charge in [-0.05, 0) is 54.7 Å². The molecule has 0 atom stereocenters. The topological polar surface area (TPSA) is 82.1 Å². The SMILES string of the molecule is Cc1c(CN2CCC(Nc3ncnc4sc(CC(F)(F)F)cc34)CC2)ccc2c1cc(C#N)n2CC1=CCN=C1. The first-order valence-corrected chi connectivity index (χ1v) is 14.1. The number of piperidine rings is 1. The van der Waals surface area contributed by atoms with Crippen molar-refractivity contribution >= 4 is 44.5 Å². The number of hydrogen-bond acceptors (Lipinski definition) is 7. The van der Waals surface area contributed by atoms with Gasteiger partial charge < -0.3 is 9.88 Å². The van der Waals surface area contributed by atoms with Crippen molar-refractivity contribution in [3.63, 3.8) is 0 Å². The van der Waals surface area contributed by atoms with Gasteiger partial charge >= 0.3 is 6.18 Å². The fourth-order valence-corrected chi connectivity index (χ4v) is 6.64. The molecule has 6 rings (SSSR count). The fourth-order valence-electron chi connectivity index (χ4n) is 5.61. The molecule has 11 heteroatoms. The van der Waals surface area contributed by atoms with Crippen LogP contribution in [0.15, 0.2) is 47.2 Å². The molecule has 7 nitrogen and oxygen atoms in total. The normalized spacial score (nSPS) is 16.6. The van der Waals surface area contributed by atoms with E-state index in [1.165, 1.54) is 17.5 Å². The van der Waals surface area contributed by atoms with Gasteiger partial charge in [-0.2, -0.15) is 18.4 Å². The summed E-state index contributed by atoms with van der Waals surface area (Å²) in [4.78, 5) is 16.0. The van der Waals surface area contributed by atoms with Gasteiger partial charge in [0.25, 0.3) is 0 Å². The zero-order valence-electron chi connectivity index (χ0n) is 22.0. The van der Waals surface area contributed by atoms with Gasteiger partial charge in [-0.15, -0.1) is 11.3 Å². The summed E-state index contributed by atoms with van der Waals surface area (Å²) in [6, 6.07) is 10.4. The maximum Gasteiger partial charge on any atom is 0.393 e. The molecule has 206 valence electrons. The number of anilines is 1. The van der Waals surface area contributed by atoms with Crippen LogP contribution >= 0.6 is 11.3 Å². The Balaban J connectivity index is 1.12. The Hall–Kier alpha value is -3.75. The van der Waals surface area contributed by atoms with E-state index < -0.39 is 12.6 Å². The Morgan fingerprint density at radius 3 is 2.67 bits per heavy atom. The Morgan fingerprint density at radius 1 is 1.12 bits per heavy atom. The van der Waals surface area contributed by atoms with Gasteiger partial charge in [0, 0.05) is 47.7 Å². The third-order valence-electron chi connectivity index (χ3n) is 7.72. The van der Waals surface area contributed by atoms with E-state index in [2.05, 4.69) is 60.9 Å². The number of hydrogen-bond donors (Lipinski definition) is 1. The van der Waals surface area contributed by atoms with Crippen molar-refractivity contribution in [3.8, 4) is 6.07 Å². The second-order valence-corrected chi connectivity index (χ2v) is 11.5. The number of aromatic nitrogens is 3. The van der Waals surface area contributed by atoms with Crippen LogP contribution in [-0.2, 0) is 19.5 Å². The molecule has 40 heavy (non-hydrogen) atoms. The molecule has 0 aliphatic carbocycles. The van der Waals surface area contributed by atoms with Crippen LogP contribution in [0.2, 0.25) is 0 Å². The van der Waals surface area contributed by atoms with Gasteiger partial charge in [-0.1, -0.05) is 12.1 Å². The summed E-state index contributed by atoms with van der Waals surface area (Å²) < 4.78 is 40.7. The summed E-state index contributed by atoms with van der Waals surface area (Å²) in [6.07, 6.45) is 1.98. The maximum atomic E-state index is 12.9. The van der Waals surface area contributed by atoms with Crippen molar-refractivity contribution in [2.45, 2.75) is 51.5 Å². The quantitative estimate of drug-likeness (QED) is 0.298. The molecule has 1 aromatic carbocycles. The van der Waals surface area contributed by atoms with Crippen LogP contribution in [0.4, 0.5) is 19.0 Å². The van der Waals surface area contributed by atoms with Gasteiger partial charge in [0.05, 0.1) is 24.9 Å². The Morgan fingerprint density at radius 2 is 1.95 bits per heavy atom. The lowest BCUT2D eigenvalue weighted by atomic mass is 10.0. The minimum atomic E-state index is -4.25. The van der Waals surface area contributed by atoms with Crippen molar-refractivity contribution in [1.29, 1.82) is 5.26 Å². The molecule has 5 heterocycles. The molecule has 0 bridgehead atoms. The number of aryl methyl sites for hydroxylation is 1. The fraction of sp³-hybridized carbons (Fsp3) is 0.379. The number of benzene rings is 1. The highest BCUT2D eigenvalue weighted by Crippen LogP contribution is 2.33. The van der Waals surface area contributed by atoms with Crippen LogP contribution < -0.4 is 5.32 Å². The second kappa shape index (κ2) is 10.7. The van der Waals surface area contributed by atoms with E-state index in [-0.39, 0.29) is 10.9 Å². The first-order chi connectivity index (χ1) is 19.3. The number of halogens is 3. The van der Waals surface area contributed by atoms with Gasteiger partial charge in [-0.3, -0.25) is 9.89 Å². The molecule has 2 aliphatic heterocycles. The molecule has 4 aromatic rings. The summed E-state index contributed by atoms with van der Waals surface area (Å²) >= 11 is 1.07. The predicted octanol–water partition coefficient (Wildman–Crippen LogP) is 6.02. The van der Waals surface area contributed by atoms with Crippen LogP contribution in [-0.4, -0.2) is 57.5 Å². The largest absolute Gasteiger partial charge is 0.393 e. The summed E-state index contributed by atoms with van der Waals surface area (Å²) in [5.41, 5.74) is 5.27. The number of nitrogens with one attached hydrogen (secondary N) is 1. The number of thiophene rings is 1. The highest BCUT2D eigenvalue weighted by atomic mass is 32.1. The molecule has 0 unspecified atom stereocenters. The van der Waals surface area contributed by atoms with Gasteiger partial charge in [-0.25, -0.2) is 9.97 Å². The molecule has 0 spiro atoms. The molecule has 1 N–H and O–H groups in total. The van der Waals surface area contributed by atoms with E-state index in [1.54, 1.807) is 6.07 Å². The molecule has 1 saturated heterocycles. The van der Waals surface area contributed by atoms with Crippen molar-refractivity contribution < 1.29 is 13.2 Å². The number of alkyl halides is 3. The van der Waals surface area contributed by atoms with Crippen LogP contribution in [0.1, 0.15) is 34.5 Å². The first-order valence-electron chi connectivity index (χ1n) is 13.3. The van der Waals surface area contributed by atoms with Crippen molar-refractivity contribution in [2.24, 2.45) is 4.99 Å². The van der Waals surface area contributed by atoms with Crippen molar-refractivity contribution in [3.05, 3.63) is 63.9 Å². The standard InChI is InChI=1S/C29H28F3N7S/c1-18-20(2-3-26-24(18)10-22(13-33)39(26)15-19-4-7-34-14-19)16-38-8-5-21(6-9-38)37-27-25-11-23(12-29(30,31)32)40-28(25)36-17-35-27/h2-4,10-11,14,17,21H,5-9,12,15-16H2,1H3,(H,35,36,37). The van der Waals surface area contributed by atoms with E-state index in [0.29, 0.717) is 34.8 Å². The number of nitriles is 1. The van der Waals surface area contributed by atoms with E-state index in [4.69, 9.17) is 0 Å². The first kappa shape index (κ1) is 26.5. The number of fused-ring (bicyclic) bond motifs is 2. The lowest BCUT2D eigenvalue weighted by Gasteiger charge is -2.33. The highest BCUT2D eigenvalue weighted by Gasteiger charge is 2.29. The maximum absolute atomic E-state index is 12.9. The summed E-state index contributed by atoms with van der Waals surface area (Å²) in [6.45, 7) is 6.08. The smallest absolute Gasteiger partial charge is 0.367 e. The minimum Gasteiger partial charge on any atom is -0.367 e. The third kappa shape index (κ3) is 5.46. The van der Waals surface area contributed by atoms with E-state index >= 15 is 0 Å². The molecule has 2 aliphatic rings. The molecular formula is C29H28F3N7S. The second-order valence-electron chi connectivity index (χ2n) is 10.4. The lowest BCUT2D eigenvalue weighted by molar-refractivity contribution is -0.126. The molecule has 0 saturated carbocycles. The average molecular weight is 564 g/mol. The lowest BCUT2D eigenvalue weighted by Crippen LogP contribution is -2.39. The zero-order chi connectivity index (χ0) is 27.9. The molecular weight excluding hydrogens is 535 g/mol. The summed E-state index contributed by atoms with van der Waals surface area (Å²) in [5.74, 6) is 0.604. The van der Waals surface area contributed by atoms with Gasteiger partial charge in [0.15, 0.2) is 0 Å². The summed E-state index contributed by atoms with van der Waals surface area (Å²) in [5, 5.41) is 15.0. The Kier molecular flexibility index (Phi) is 7.06. The third-order valence-corrected chi connectivity index (χ3v) is 8.76. The van der Waals surface area contributed by atoms with E-state index in [0.717, 1.165) is 60.3 Å². The zero-order valence-corrected chi connectivity index (χ0v) is 22.8. The van der Waals surface area contributed by atoms with Gasteiger partial charge in [0.2, 0.25) is 0 Å². The van der Waals surface area contributed by atoms with E-state index in [1.807, 2.05) is 12.3 Å². The predicted molar refractivity (Wildman–Crippen MR) is 152 cm³/mol. The number of nitrogens with zero attached hydrogens (tertiary/aromatic N) is 6. The monoisotopic (exact) mass is 563 g/mol. The number of allylic oxidation sites excluding steroid dienone is 1. The Labute approximate surface area is 233 Å². The van der Waals surface area contributed by atoms with Crippen LogP contribution in [0.5, 0.6) is 0 Å². The summed E-state index contributed by atoms with van der Waals surface area (Å²) in [7, 11) is 0. The molecule has 3 aromatic heterocycles. The van der Waals surface area contributed by atoms with Crippen LogP contribution in [0.25, 0.3) is 21.1 Å². The van der Waals surface area contributed by atoms with Gasteiger partial charge in [0.1, 0.15) is 28.7 Å². The number of rotatable bonds is 7. The average Bonchev–Trinajstić information content (AvgIpc) is 3.66. The van der Waals surface area contributed by atoms with Crippen molar-refractivity contribution in [1.82, 2.24) is 19.4 Å². The van der Waals surface area contributed by atoms with Crippen LogP contribution in [0.3, 0.4) is 0 Å². The molecule has 0 radical (unpaired) electrons. The minimum absolute atomic E-state index is 0.185. The Bertz CT molecular complexity index is 1670.